The zero-order valence-corrected chi connectivity index (χ0v) is 16.4. The molecule has 3 heterocycles. The van der Waals surface area contributed by atoms with Crippen LogP contribution in [0.5, 0.6) is 0 Å². The highest BCUT2D eigenvalue weighted by Crippen LogP contribution is 2.30. The molecule has 0 radical (unpaired) electrons. The highest BCUT2D eigenvalue weighted by Gasteiger charge is 2.36. The van der Waals surface area contributed by atoms with Crippen molar-refractivity contribution in [1.82, 2.24) is 9.88 Å². The average Bonchev–Trinajstić information content (AvgIpc) is 3.27. The zero-order valence-electron chi connectivity index (χ0n) is 15.6. The molecule has 28 heavy (non-hydrogen) atoms. The van der Waals surface area contributed by atoms with Crippen LogP contribution in [0, 0.1) is 0 Å². The first-order valence-corrected chi connectivity index (χ1v) is 10.7. The van der Waals surface area contributed by atoms with Gasteiger partial charge in [0.1, 0.15) is 5.01 Å². The minimum absolute atomic E-state index is 0.153. The lowest BCUT2D eigenvalue weighted by Gasteiger charge is -2.29. The maximum atomic E-state index is 12.6. The number of carbonyl (C=O) groups is 2. The van der Waals surface area contributed by atoms with E-state index in [2.05, 4.69) is 18.2 Å². The lowest BCUT2D eigenvalue weighted by atomic mass is 9.99. The van der Waals surface area contributed by atoms with Crippen molar-refractivity contribution in [2.24, 2.45) is 0 Å². The molecule has 142 valence electrons. The largest absolute Gasteiger partial charge is 0.333 e. The van der Waals surface area contributed by atoms with E-state index in [4.69, 9.17) is 4.98 Å². The Hall–Kier alpha value is -2.57. The van der Waals surface area contributed by atoms with Gasteiger partial charge >= 0.3 is 0 Å². The second-order valence-electron chi connectivity index (χ2n) is 7.62. The van der Waals surface area contributed by atoms with Crippen LogP contribution in [0.2, 0.25) is 0 Å². The molecule has 0 spiro atoms. The quantitative estimate of drug-likeness (QED) is 0.694. The fraction of sp³-hybridized carbons (Fsp3) is 0.318. The first-order chi connectivity index (χ1) is 13.7. The Kier molecular flexibility index (Phi) is 4.45. The van der Waals surface area contributed by atoms with Crippen molar-refractivity contribution in [3.8, 4) is 0 Å². The van der Waals surface area contributed by atoms with Gasteiger partial charge < -0.3 is 4.90 Å². The molecule has 0 saturated carbocycles. The lowest BCUT2D eigenvalue weighted by molar-refractivity contribution is -0.905. The van der Waals surface area contributed by atoms with Crippen LogP contribution in [-0.2, 0) is 0 Å². The average molecular weight is 393 g/mol. The minimum Gasteiger partial charge on any atom is -0.333 e. The maximum Gasteiger partial charge on any atom is 0.261 e. The number of likely N-dealkylation sites (tertiary alicyclic amines) is 1. The molecule has 2 aliphatic rings. The molecule has 1 saturated heterocycles. The van der Waals surface area contributed by atoms with Gasteiger partial charge in [0.25, 0.3) is 11.8 Å². The molecule has 1 aromatic heterocycles. The van der Waals surface area contributed by atoms with E-state index >= 15 is 0 Å². The smallest absolute Gasteiger partial charge is 0.261 e. The summed E-state index contributed by atoms with van der Waals surface area (Å²) < 4.78 is 1.25. The van der Waals surface area contributed by atoms with Crippen LogP contribution in [0.4, 0.5) is 0 Å². The van der Waals surface area contributed by atoms with Crippen molar-refractivity contribution >= 4 is 33.4 Å². The Balaban J connectivity index is 1.25. The van der Waals surface area contributed by atoms with Crippen molar-refractivity contribution in [3.05, 3.63) is 64.7 Å². The van der Waals surface area contributed by atoms with E-state index in [0.717, 1.165) is 38.0 Å². The summed E-state index contributed by atoms with van der Waals surface area (Å²) in [5.74, 6) is 0.155. The van der Waals surface area contributed by atoms with Gasteiger partial charge in [0.2, 0.25) is 0 Å². The molecule has 3 aromatic rings. The van der Waals surface area contributed by atoms with Crippen LogP contribution >= 0.6 is 11.3 Å². The van der Waals surface area contributed by atoms with Gasteiger partial charge in [0, 0.05) is 0 Å². The van der Waals surface area contributed by atoms with Gasteiger partial charge in [-0.05, 0) is 37.1 Å². The third-order valence-electron chi connectivity index (χ3n) is 5.84. The first kappa shape index (κ1) is 17.5. The molecular weight excluding hydrogens is 370 g/mol. The molecule has 2 atom stereocenters. The molecule has 5 rings (SSSR count). The number of hydrogen-bond donors (Lipinski definition) is 1. The van der Waals surface area contributed by atoms with E-state index < -0.39 is 0 Å². The highest BCUT2D eigenvalue weighted by molar-refractivity contribution is 7.18. The fourth-order valence-electron chi connectivity index (χ4n) is 4.37. The summed E-state index contributed by atoms with van der Waals surface area (Å²) in [6.45, 7) is 3.38. The predicted octanol–water partition coefficient (Wildman–Crippen LogP) is 2.35. The Labute approximate surface area is 167 Å². The van der Waals surface area contributed by atoms with Crippen molar-refractivity contribution in [3.63, 3.8) is 0 Å². The van der Waals surface area contributed by atoms with Crippen molar-refractivity contribution < 1.29 is 14.5 Å². The number of benzene rings is 2. The van der Waals surface area contributed by atoms with Gasteiger partial charge in [-0.15, -0.1) is 11.3 Å². The SMILES string of the molecule is O=C1c2ccccc2C(=O)N1CC[NH+]1CCC[C@@H](c2nc3ccccc3s2)C1. The summed E-state index contributed by atoms with van der Waals surface area (Å²) in [6.07, 6.45) is 2.31. The van der Waals surface area contributed by atoms with E-state index in [0.29, 0.717) is 23.6 Å². The van der Waals surface area contributed by atoms with E-state index in [1.54, 1.807) is 23.5 Å². The minimum atomic E-state index is -0.153. The number of piperidine rings is 1. The first-order valence-electron chi connectivity index (χ1n) is 9.85. The number of fused-ring (bicyclic) bond motifs is 2. The normalized spacial score (nSPS) is 22.1. The molecule has 2 aromatic carbocycles. The third-order valence-corrected chi connectivity index (χ3v) is 7.04. The number of nitrogens with zero attached hydrogens (tertiary/aromatic N) is 2. The zero-order chi connectivity index (χ0) is 19.1. The van der Waals surface area contributed by atoms with Crippen LogP contribution in [-0.4, -0.2) is 47.9 Å². The molecule has 2 amide bonds. The van der Waals surface area contributed by atoms with Crippen LogP contribution in [0.3, 0.4) is 0 Å². The van der Waals surface area contributed by atoms with E-state index in [-0.39, 0.29) is 11.8 Å². The van der Waals surface area contributed by atoms with Crippen LogP contribution in [0.25, 0.3) is 10.2 Å². The number of thiazole rings is 1. The Morgan fingerprint density at radius 1 is 1.04 bits per heavy atom. The van der Waals surface area contributed by atoms with E-state index in [1.807, 2.05) is 18.2 Å². The number of para-hydroxylation sites is 1. The molecule has 1 fully saturated rings. The topological polar surface area (TPSA) is 54.7 Å². The molecule has 5 nitrogen and oxygen atoms in total. The summed E-state index contributed by atoms with van der Waals surface area (Å²) in [7, 11) is 0. The monoisotopic (exact) mass is 392 g/mol. The number of carbonyl (C=O) groups excluding carboxylic acids is 2. The summed E-state index contributed by atoms with van der Waals surface area (Å²) >= 11 is 1.80. The van der Waals surface area contributed by atoms with Gasteiger partial charge in [-0.3, -0.25) is 14.5 Å². The second-order valence-corrected chi connectivity index (χ2v) is 8.68. The van der Waals surface area contributed by atoms with Crippen LogP contribution in [0.1, 0.15) is 44.5 Å². The van der Waals surface area contributed by atoms with Gasteiger partial charge in [0.15, 0.2) is 0 Å². The van der Waals surface area contributed by atoms with Gasteiger partial charge in [-0.25, -0.2) is 4.98 Å². The highest BCUT2D eigenvalue weighted by atomic mass is 32.1. The number of imide groups is 1. The summed E-state index contributed by atoms with van der Waals surface area (Å²) in [4.78, 5) is 32.8. The van der Waals surface area contributed by atoms with Crippen molar-refractivity contribution in [2.75, 3.05) is 26.2 Å². The fourth-order valence-corrected chi connectivity index (χ4v) is 5.47. The lowest BCUT2D eigenvalue weighted by Crippen LogP contribution is -3.14. The summed E-state index contributed by atoms with van der Waals surface area (Å²) in [5.41, 5.74) is 2.16. The number of quaternary nitrogens is 1. The van der Waals surface area contributed by atoms with Crippen molar-refractivity contribution in [2.45, 2.75) is 18.8 Å². The standard InChI is InChI=1S/C22H21N3O2S/c26-21-16-7-1-2-8-17(16)22(27)25(21)13-12-24-11-5-6-15(14-24)20-23-18-9-3-4-10-19(18)28-20/h1-4,7-10,15H,5-6,11-14H2/p+1/t15-/m1/s1. The second kappa shape index (κ2) is 7.11. The molecule has 0 aliphatic carbocycles. The molecule has 1 N–H and O–H groups in total. The molecule has 6 heteroatoms. The maximum absolute atomic E-state index is 12.6. The van der Waals surface area contributed by atoms with Gasteiger partial charge in [-0.1, -0.05) is 24.3 Å². The summed E-state index contributed by atoms with van der Waals surface area (Å²) in [6, 6.07) is 15.4. The van der Waals surface area contributed by atoms with Crippen LogP contribution in [0.15, 0.2) is 48.5 Å². The Bertz CT molecular complexity index is 993. The molecule has 1 unspecified atom stereocenters. The van der Waals surface area contributed by atoms with E-state index in [9.17, 15) is 9.59 Å². The Morgan fingerprint density at radius 3 is 2.50 bits per heavy atom. The van der Waals surface area contributed by atoms with E-state index in [1.165, 1.54) is 19.5 Å². The number of hydrogen-bond acceptors (Lipinski definition) is 4. The molecular formula is C22H22N3O2S+. The van der Waals surface area contributed by atoms with Crippen LogP contribution < -0.4 is 4.90 Å². The van der Waals surface area contributed by atoms with Gasteiger partial charge in [-0.2, -0.15) is 0 Å². The molecule has 2 aliphatic heterocycles. The number of rotatable bonds is 4. The predicted molar refractivity (Wildman–Crippen MR) is 109 cm³/mol. The van der Waals surface area contributed by atoms with Crippen molar-refractivity contribution in [1.29, 1.82) is 0 Å². The number of nitrogens with one attached hydrogen (secondary N) is 1. The van der Waals surface area contributed by atoms with Gasteiger partial charge in [0.05, 0.1) is 53.4 Å². The third kappa shape index (κ3) is 3.02. The Morgan fingerprint density at radius 2 is 1.75 bits per heavy atom. The number of amides is 2. The summed E-state index contributed by atoms with van der Waals surface area (Å²) in [5, 5.41) is 1.22. The number of aromatic nitrogens is 1. The molecule has 0 bridgehead atoms.